The highest BCUT2D eigenvalue weighted by atomic mass is 16.4. The Hall–Kier alpha value is -2.29. The number of carboxylic acid groups (broad SMARTS) is 1. The Balaban J connectivity index is 2.14. The van der Waals surface area contributed by atoms with E-state index in [-0.39, 0.29) is 0 Å². The van der Waals surface area contributed by atoms with Crippen molar-refractivity contribution in [3.05, 3.63) is 47.0 Å². The first-order chi connectivity index (χ1) is 9.75. The van der Waals surface area contributed by atoms with Gasteiger partial charge >= 0.3 is 5.97 Å². The molecular formula is C17H15NO2. The molecule has 1 aromatic heterocycles. The van der Waals surface area contributed by atoms with Crippen LogP contribution in [-0.4, -0.2) is 16.1 Å². The molecule has 100 valence electrons. The SMILES string of the molecule is O=C(O)c1cccc2c1[nH]c1c3c(ccc12)CCCC3. The molecule has 0 atom stereocenters. The summed E-state index contributed by atoms with van der Waals surface area (Å²) in [6.45, 7) is 0. The Labute approximate surface area is 116 Å². The summed E-state index contributed by atoms with van der Waals surface area (Å²) in [5, 5.41) is 11.5. The van der Waals surface area contributed by atoms with Crippen molar-refractivity contribution in [2.45, 2.75) is 25.7 Å². The number of benzene rings is 2. The Morgan fingerprint density at radius 1 is 1.00 bits per heavy atom. The largest absolute Gasteiger partial charge is 0.478 e. The summed E-state index contributed by atoms with van der Waals surface area (Å²) in [4.78, 5) is 14.7. The molecule has 0 spiro atoms. The minimum atomic E-state index is -0.879. The number of nitrogens with one attached hydrogen (secondary N) is 1. The molecule has 2 aromatic carbocycles. The zero-order valence-corrected chi connectivity index (χ0v) is 11.1. The highest BCUT2D eigenvalue weighted by Crippen LogP contribution is 2.34. The highest BCUT2D eigenvalue weighted by molar-refractivity contribution is 6.14. The van der Waals surface area contributed by atoms with Crippen molar-refractivity contribution in [1.29, 1.82) is 0 Å². The van der Waals surface area contributed by atoms with Gasteiger partial charge in [0.25, 0.3) is 0 Å². The molecule has 0 saturated heterocycles. The van der Waals surface area contributed by atoms with E-state index in [9.17, 15) is 9.90 Å². The smallest absolute Gasteiger partial charge is 0.337 e. The molecule has 0 radical (unpaired) electrons. The molecule has 0 unspecified atom stereocenters. The topological polar surface area (TPSA) is 53.1 Å². The number of carboxylic acids is 1. The number of aromatic amines is 1. The van der Waals surface area contributed by atoms with E-state index in [2.05, 4.69) is 17.1 Å². The number of rotatable bonds is 1. The van der Waals surface area contributed by atoms with Gasteiger partial charge < -0.3 is 10.1 Å². The van der Waals surface area contributed by atoms with Crippen molar-refractivity contribution in [2.75, 3.05) is 0 Å². The molecule has 1 aliphatic carbocycles. The predicted molar refractivity (Wildman–Crippen MR) is 79.4 cm³/mol. The van der Waals surface area contributed by atoms with E-state index in [0.29, 0.717) is 5.56 Å². The van der Waals surface area contributed by atoms with Crippen LogP contribution in [0, 0.1) is 0 Å². The average Bonchev–Trinajstić information content (AvgIpc) is 2.86. The van der Waals surface area contributed by atoms with Gasteiger partial charge in [0.1, 0.15) is 0 Å². The van der Waals surface area contributed by atoms with E-state index in [1.165, 1.54) is 24.0 Å². The van der Waals surface area contributed by atoms with Gasteiger partial charge in [0, 0.05) is 16.3 Å². The summed E-state index contributed by atoms with van der Waals surface area (Å²) >= 11 is 0. The quantitative estimate of drug-likeness (QED) is 0.701. The number of carbonyl (C=O) groups is 1. The molecule has 0 bridgehead atoms. The maximum Gasteiger partial charge on any atom is 0.337 e. The summed E-state index contributed by atoms with van der Waals surface area (Å²) < 4.78 is 0. The fraction of sp³-hybridized carbons (Fsp3) is 0.235. The third kappa shape index (κ3) is 1.49. The molecular weight excluding hydrogens is 250 g/mol. The second-order valence-corrected chi connectivity index (χ2v) is 5.49. The minimum Gasteiger partial charge on any atom is -0.478 e. The monoisotopic (exact) mass is 265 g/mol. The number of aryl methyl sites for hydroxylation is 2. The van der Waals surface area contributed by atoms with Crippen molar-refractivity contribution >= 4 is 27.8 Å². The second kappa shape index (κ2) is 4.10. The van der Waals surface area contributed by atoms with E-state index in [1.54, 1.807) is 6.07 Å². The van der Waals surface area contributed by atoms with E-state index >= 15 is 0 Å². The number of hydrogen-bond acceptors (Lipinski definition) is 1. The van der Waals surface area contributed by atoms with Gasteiger partial charge in [-0.3, -0.25) is 0 Å². The number of aromatic nitrogens is 1. The zero-order valence-electron chi connectivity index (χ0n) is 11.1. The van der Waals surface area contributed by atoms with Crippen molar-refractivity contribution in [3.63, 3.8) is 0 Å². The van der Waals surface area contributed by atoms with Gasteiger partial charge in [0.2, 0.25) is 0 Å². The van der Waals surface area contributed by atoms with Crippen molar-refractivity contribution in [2.24, 2.45) is 0 Å². The van der Waals surface area contributed by atoms with Gasteiger partial charge in [0.15, 0.2) is 0 Å². The van der Waals surface area contributed by atoms with Crippen molar-refractivity contribution < 1.29 is 9.90 Å². The molecule has 2 N–H and O–H groups in total. The van der Waals surface area contributed by atoms with E-state index in [0.717, 1.165) is 34.6 Å². The normalized spacial score (nSPS) is 14.6. The molecule has 3 aromatic rings. The average molecular weight is 265 g/mol. The van der Waals surface area contributed by atoms with Gasteiger partial charge in [-0.1, -0.05) is 24.3 Å². The third-order valence-electron chi connectivity index (χ3n) is 4.37. The lowest BCUT2D eigenvalue weighted by Gasteiger charge is -2.16. The Bertz CT molecular complexity index is 845. The lowest BCUT2D eigenvalue weighted by atomic mass is 9.90. The van der Waals surface area contributed by atoms with Gasteiger partial charge in [-0.25, -0.2) is 4.79 Å². The number of para-hydroxylation sites is 1. The van der Waals surface area contributed by atoms with Crippen LogP contribution in [0.2, 0.25) is 0 Å². The number of H-pyrrole nitrogens is 1. The van der Waals surface area contributed by atoms with Crippen LogP contribution in [0.4, 0.5) is 0 Å². The van der Waals surface area contributed by atoms with Gasteiger partial charge in [-0.05, 0) is 42.9 Å². The number of hydrogen-bond donors (Lipinski definition) is 2. The fourth-order valence-corrected chi connectivity index (χ4v) is 3.41. The maximum atomic E-state index is 11.4. The number of fused-ring (bicyclic) bond motifs is 5. The molecule has 0 saturated carbocycles. The van der Waals surface area contributed by atoms with Crippen LogP contribution in [0.15, 0.2) is 30.3 Å². The lowest BCUT2D eigenvalue weighted by molar-refractivity contribution is 0.0699. The Morgan fingerprint density at radius 2 is 1.80 bits per heavy atom. The van der Waals surface area contributed by atoms with Crippen LogP contribution >= 0.6 is 0 Å². The summed E-state index contributed by atoms with van der Waals surface area (Å²) in [6.07, 6.45) is 4.68. The summed E-state index contributed by atoms with van der Waals surface area (Å²) in [7, 11) is 0. The standard InChI is InChI=1S/C17H15NO2/c19-17(20)14-7-3-6-12-13-9-8-10-4-1-2-5-11(10)15(13)18-16(12)14/h3,6-9,18H,1-2,4-5H2,(H,19,20). The van der Waals surface area contributed by atoms with E-state index in [1.807, 2.05) is 12.1 Å². The zero-order chi connectivity index (χ0) is 13.7. The molecule has 0 aliphatic heterocycles. The lowest BCUT2D eigenvalue weighted by Crippen LogP contribution is -2.02. The molecule has 20 heavy (non-hydrogen) atoms. The maximum absolute atomic E-state index is 11.4. The van der Waals surface area contributed by atoms with Gasteiger partial charge in [-0.15, -0.1) is 0 Å². The van der Waals surface area contributed by atoms with Crippen LogP contribution in [0.5, 0.6) is 0 Å². The third-order valence-corrected chi connectivity index (χ3v) is 4.37. The Morgan fingerprint density at radius 3 is 2.65 bits per heavy atom. The first-order valence-corrected chi connectivity index (χ1v) is 7.04. The first kappa shape index (κ1) is 11.5. The highest BCUT2D eigenvalue weighted by Gasteiger charge is 2.17. The van der Waals surface area contributed by atoms with Crippen LogP contribution in [0.1, 0.15) is 34.3 Å². The fourth-order valence-electron chi connectivity index (χ4n) is 3.41. The van der Waals surface area contributed by atoms with Crippen molar-refractivity contribution in [3.8, 4) is 0 Å². The van der Waals surface area contributed by atoms with E-state index in [4.69, 9.17) is 0 Å². The van der Waals surface area contributed by atoms with Crippen LogP contribution in [0.25, 0.3) is 21.8 Å². The second-order valence-electron chi connectivity index (χ2n) is 5.49. The van der Waals surface area contributed by atoms with Gasteiger partial charge in [0.05, 0.1) is 11.1 Å². The van der Waals surface area contributed by atoms with Crippen LogP contribution < -0.4 is 0 Å². The molecule has 0 fully saturated rings. The van der Waals surface area contributed by atoms with Gasteiger partial charge in [-0.2, -0.15) is 0 Å². The molecule has 3 nitrogen and oxygen atoms in total. The van der Waals surface area contributed by atoms with Crippen LogP contribution in [0.3, 0.4) is 0 Å². The number of aromatic carboxylic acids is 1. The molecule has 3 heteroatoms. The van der Waals surface area contributed by atoms with Crippen molar-refractivity contribution in [1.82, 2.24) is 4.98 Å². The Kier molecular flexibility index (Phi) is 2.36. The molecule has 1 aliphatic rings. The molecule has 1 heterocycles. The summed E-state index contributed by atoms with van der Waals surface area (Å²) in [5.74, 6) is -0.879. The van der Waals surface area contributed by atoms with Crippen LogP contribution in [-0.2, 0) is 12.8 Å². The first-order valence-electron chi connectivity index (χ1n) is 7.04. The summed E-state index contributed by atoms with van der Waals surface area (Å²) in [6, 6.07) is 9.81. The minimum absolute atomic E-state index is 0.350. The predicted octanol–water partition coefficient (Wildman–Crippen LogP) is 3.90. The summed E-state index contributed by atoms with van der Waals surface area (Å²) in [5.41, 5.74) is 5.01. The molecule has 4 rings (SSSR count). The van der Waals surface area contributed by atoms with E-state index < -0.39 is 5.97 Å². The molecule has 0 amide bonds.